The number of nitrogens with one attached hydrogen (secondary N) is 4. The van der Waals surface area contributed by atoms with Crippen LogP contribution in [0.4, 0.5) is 16.0 Å². The fourth-order valence-corrected chi connectivity index (χ4v) is 5.32. The van der Waals surface area contributed by atoms with Gasteiger partial charge < -0.3 is 25.8 Å². The van der Waals surface area contributed by atoms with Crippen LogP contribution in [0.5, 0.6) is 0 Å². The molecule has 0 aliphatic heterocycles. The van der Waals surface area contributed by atoms with Gasteiger partial charge in [-0.15, -0.1) is 0 Å². The normalized spacial score (nSPS) is 17.1. The predicted molar refractivity (Wildman–Crippen MR) is 164 cm³/mol. The summed E-state index contributed by atoms with van der Waals surface area (Å²) in [6.45, 7) is 0.608. The third-order valence-corrected chi connectivity index (χ3v) is 7.43. The van der Waals surface area contributed by atoms with E-state index in [2.05, 4.69) is 25.9 Å². The number of halogens is 2. The van der Waals surface area contributed by atoms with Gasteiger partial charge in [0, 0.05) is 53.1 Å². The van der Waals surface area contributed by atoms with Crippen LogP contribution in [0.3, 0.4) is 0 Å². The highest BCUT2D eigenvalue weighted by Gasteiger charge is 2.25. The van der Waals surface area contributed by atoms with E-state index in [4.69, 9.17) is 16.6 Å². The van der Waals surface area contributed by atoms with Crippen LogP contribution >= 0.6 is 11.6 Å². The van der Waals surface area contributed by atoms with E-state index >= 15 is 0 Å². The molecule has 5 rings (SSSR count). The van der Waals surface area contributed by atoms with Crippen molar-refractivity contribution in [1.82, 2.24) is 25.2 Å². The van der Waals surface area contributed by atoms with Crippen molar-refractivity contribution >= 4 is 46.0 Å². The molecule has 0 bridgehead atoms. The van der Waals surface area contributed by atoms with Crippen molar-refractivity contribution < 1.29 is 14.0 Å². The lowest BCUT2D eigenvalue weighted by Crippen LogP contribution is -2.42. The quantitative estimate of drug-likeness (QED) is 0.188. The first kappa shape index (κ1) is 29.2. The Morgan fingerprint density at radius 2 is 1.98 bits per heavy atom. The molecule has 2 atom stereocenters. The van der Waals surface area contributed by atoms with Crippen molar-refractivity contribution in [3.63, 3.8) is 0 Å². The number of rotatable bonds is 9. The molecular formula is C31H33ClFN7O2. The number of hydrogen-bond donors (Lipinski definition) is 4. The Morgan fingerprint density at radius 1 is 1.17 bits per heavy atom. The number of carbonyl (C=O) groups excluding carboxylic acids is 2. The zero-order chi connectivity index (χ0) is 29.6. The summed E-state index contributed by atoms with van der Waals surface area (Å²) in [7, 11) is 3.78. The molecule has 1 aliphatic carbocycles. The molecule has 2 unspecified atom stereocenters. The number of aromatic nitrogens is 3. The van der Waals surface area contributed by atoms with Gasteiger partial charge in [0.05, 0.1) is 22.5 Å². The molecular weight excluding hydrogens is 557 g/mol. The molecule has 4 N–H and O–H groups in total. The van der Waals surface area contributed by atoms with Crippen LogP contribution in [-0.4, -0.2) is 64.4 Å². The Hall–Kier alpha value is -4.28. The maximum absolute atomic E-state index is 14.8. The molecule has 2 heterocycles. The summed E-state index contributed by atoms with van der Waals surface area (Å²) in [6.07, 6.45) is 9.75. The highest BCUT2D eigenvalue weighted by Crippen LogP contribution is 2.33. The minimum atomic E-state index is -0.701. The maximum atomic E-state index is 14.8. The van der Waals surface area contributed by atoms with Gasteiger partial charge in [-0.1, -0.05) is 35.9 Å². The smallest absolute Gasteiger partial charge is 0.254 e. The van der Waals surface area contributed by atoms with E-state index in [-0.39, 0.29) is 29.2 Å². The monoisotopic (exact) mass is 589 g/mol. The molecule has 2 aromatic heterocycles. The minimum Gasteiger partial charge on any atom is -0.360 e. The van der Waals surface area contributed by atoms with Crippen molar-refractivity contribution in [2.45, 2.75) is 37.8 Å². The van der Waals surface area contributed by atoms with E-state index in [9.17, 15) is 14.0 Å². The number of fused-ring (bicyclic) bond motifs is 1. The Kier molecular flexibility index (Phi) is 9.14. The van der Waals surface area contributed by atoms with Gasteiger partial charge in [-0.2, -0.15) is 0 Å². The number of H-pyrrole nitrogens is 1. The number of para-hydroxylation sites is 1. The minimum absolute atomic E-state index is 0.0176. The van der Waals surface area contributed by atoms with E-state index in [0.29, 0.717) is 29.6 Å². The van der Waals surface area contributed by atoms with Gasteiger partial charge in [0.2, 0.25) is 11.9 Å². The lowest BCUT2D eigenvalue weighted by Gasteiger charge is -2.30. The number of aromatic amines is 1. The van der Waals surface area contributed by atoms with E-state index < -0.39 is 11.7 Å². The van der Waals surface area contributed by atoms with Gasteiger partial charge in [0.1, 0.15) is 5.82 Å². The number of likely N-dealkylation sites (N-methyl/N-ethyl adjacent to an activating group) is 1. The Morgan fingerprint density at radius 3 is 2.79 bits per heavy atom. The first-order valence-electron chi connectivity index (χ1n) is 13.8. The van der Waals surface area contributed by atoms with E-state index in [0.717, 1.165) is 41.8 Å². The van der Waals surface area contributed by atoms with Gasteiger partial charge in [-0.05, 0) is 64.0 Å². The van der Waals surface area contributed by atoms with Gasteiger partial charge in [0.15, 0.2) is 0 Å². The van der Waals surface area contributed by atoms with Crippen LogP contribution in [0.25, 0.3) is 22.2 Å². The molecule has 1 fully saturated rings. The molecule has 1 aliphatic rings. The average Bonchev–Trinajstić information content (AvgIpc) is 3.38. The lowest BCUT2D eigenvalue weighted by molar-refractivity contribution is -0.111. The predicted octanol–water partition coefficient (Wildman–Crippen LogP) is 5.63. The Balaban J connectivity index is 1.20. The summed E-state index contributed by atoms with van der Waals surface area (Å²) in [5.74, 6) is -1.11. The second kappa shape index (κ2) is 13.1. The van der Waals surface area contributed by atoms with Gasteiger partial charge >= 0.3 is 0 Å². The third-order valence-electron chi connectivity index (χ3n) is 7.15. The fraction of sp³-hybridized carbons (Fsp3) is 0.290. The second-order valence-electron chi connectivity index (χ2n) is 10.7. The van der Waals surface area contributed by atoms with Gasteiger partial charge in [-0.25, -0.2) is 14.4 Å². The van der Waals surface area contributed by atoms with E-state index in [1.54, 1.807) is 12.3 Å². The van der Waals surface area contributed by atoms with E-state index in [1.807, 2.05) is 49.5 Å². The maximum Gasteiger partial charge on any atom is 0.254 e. The zero-order valence-electron chi connectivity index (χ0n) is 23.5. The zero-order valence-corrected chi connectivity index (χ0v) is 24.2. The summed E-state index contributed by atoms with van der Waals surface area (Å²) in [4.78, 5) is 39.2. The molecule has 1 saturated carbocycles. The van der Waals surface area contributed by atoms with Gasteiger partial charge in [0.25, 0.3) is 5.91 Å². The number of carbonyl (C=O) groups is 2. The fourth-order valence-electron chi connectivity index (χ4n) is 5.12. The van der Waals surface area contributed by atoms with Crippen LogP contribution in [0, 0.1) is 5.82 Å². The largest absolute Gasteiger partial charge is 0.360 e. The standard InChI is InChI=1S/C31H33ClFN7O2/c1-40(2)14-6-11-28(41)36-21-12-13-23(26(33)16-21)30(42)37-19-7-5-8-20(15-19)38-31-35-18-25(32)29(39-31)24-17-34-27-10-4-3-9-22(24)27/h3-4,6,9-13,16-20,34H,5,7-8,14-15H2,1-2H3,(H,36,41)(H,37,42)(H,35,38,39). The molecule has 9 nitrogen and oxygen atoms in total. The number of hydrogen-bond acceptors (Lipinski definition) is 6. The summed E-state index contributed by atoms with van der Waals surface area (Å²) in [5, 5.41) is 10.4. The van der Waals surface area contributed by atoms with Gasteiger partial charge in [-0.3, -0.25) is 9.59 Å². The van der Waals surface area contributed by atoms with Crippen LogP contribution in [-0.2, 0) is 4.79 Å². The first-order chi connectivity index (χ1) is 20.3. The van der Waals surface area contributed by atoms with Crippen LogP contribution in [0.2, 0.25) is 5.02 Å². The molecule has 0 spiro atoms. The molecule has 0 radical (unpaired) electrons. The molecule has 218 valence electrons. The molecule has 0 saturated heterocycles. The number of benzene rings is 2. The van der Waals surface area contributed by atoms with E-state index in [1.165, 1.54) is 18.2 Å². The highest BCUT2D eigenvalue weighted by molar-refractivity contribution is 6.33. The molecule has 11 heteroatoms. The highest BCUT2D eigenvalue weighted by atomic mass is 35.5. The van der Waals surface area contributed by atoms with Crippen molar-refractivity contribution in [2.24, 2.45) is 0 Å². The molecule has 2 aromatic carbocycles. The summed E-state index contributed by atoms with van der Waals surface area (Å²) in [6, 6.07) is 11.9. The second-order valence-corrected chi connectivity index (χ2v) is 11.1. The third kappa shape index (κ3) is 7.13. The average molecular weight is 590 g/mol. The van der Waals surface area contributed by atoms with Crippen LogP contribution in [0.15, 0.2) is 67.0 Å². The number of nitrogens with zero attached hydrogens (tertiary/aromatic N) is 3. The van der Waals surface area contributed by atoms with Crippen molar-refractivity contribution in [1.29, 1.82) is 0 Å². The van der Waals surface area contributed by atoms with Crippen LogP contribution in [0.1, 0.15) is 36.0 Å². The molecule has 2 amide bonds. The SMILES string of the molecule is CN(C)CC=CC(=O)Nc1ccc(C(=O)NC2CCCC(Nc3ncc(Cl)c(-c4c[nH]c5ccccc45)n3)C2)c(F)c1. The summed E-state index contributed by atoms with van der Waals surface area (Å²) >= 11 is 6.48. The first-order valence-corrected chi connectivity index (χ1v) is 14.2. The summed E-state index contributed by atoms with van der Waals surface area (Å²) < 4.78 is 14.8. The van der Waals surface area contributed by atoms with Crippen molar-refractivity contribution in [2.75, 3.05) is 31.3 Å². The Bertz CT molecular complexity index is 1620. The Labute approximate surface area is 248 Å². The molecule has 42 heavy (non-hydrogen) atoms. The topological polar surface area (TPSA) is 115 Å². The summed E-state index contributed by atoms with van der Waals surface area (Å²) in [5.41, 5.74) is 2.72. The van der Waals surface area contributed by atoms with Crippen molar-refractivity contribution in [3.05, 3.63) is 83.4 Å². The molecule has 4 aromatic rings. The van der Waals surface area contributed by atoms with Crippen molar-refractivity contribution in [3.8, 4) is 11.3 Å². The lowest BCUT2D eigenvalue weighted by atomic mass is 9.91. The number of anilines is 2. The van der Waals surface area contributed by atoms with Crippen LogP contribution < -0.4 is 16.0 Å². The number of amides is 2.